The van der Waals surface area contributed by atoms with E-state index in [1.165, 1.54) is 28.2 Å². The van der Waals surface area contributed by atoms with Crippen LogP contribution < -0.4 is 5.32 Å². The van der Waals surface area contributed by atoms with E-state index in [1.54, 1.807) is 22.7 Å². The van der Waals surface area contributed by atoms with Crippen LogP contribution in [0.3, 0.4) is 0 Å². The van der Waals surface area contributed by atoms with E-state index in [-0.39, 0.29) is 5.91 Å². The molecular weight excluding hydrogens is 274 g/mol. The van der Waals surface area contributed by atoms with E-state index in [0.29, 0.717) is 0 Å². The minimum absolute atomic E-state index is 0.0935. The van der Waals surface area contributed by atoms with Crippen LogP contribution in [0.1, 0.15) is 37.8 Å². The van der Waals surface area contributed by atoms with Crippen LogP contribution >= 0.6 is 22.7 Å². The molecule has 1 N–H and O–H groups in total. The Labute approximate surface area is 121 Å². The van der Waals surface area contributed by atoms with Crippen LogP contribution in [0.5, 0.6) is 0 Å². The first-order chi connectivity index (χ1) is 9.33. The van der Waals surface area contributed by atoms with Gasteiger partial charge in [0, 0.05) is 16.3 Å². The molecular formula is C15H17NOS2. The molecule has 1 aliphatic rings. The van der Waals surface area contributed by atoms with Gasteiger partial charge in [-0.1, -0.05) is 6.07 Å². The zero-order valence-corrected chi connectivity index (χ0v) is 12.4. The lowest BCUT2D eigenvalue weighted by atomic mass is 9.99. The first-order valence-corrected chi connectivity index (χ1v) is 8.45. The standard InChI is InChI=1S/C15H17NOS2/c17-15(16-8-7-12-5-3-9-18-12)14-10-11-4-1-2-6-13(11)19-14/h3,5,9-10H,1-2,4,6-8H2,(H,16,17). The van der Waals surface area contributed by atoms with Crippen molar-refractivity contribution in [1.82, 2.24) is 5.32 Å². The molecule has 2 nitrogen and oxygen atoms in total. The number of thiophene rings is 2. The van der Waals surface area contributed by atoms with Gasteiger partial charge < -0.3 is 5.32 Å². The lowest BCUT2D eigenvalue weighted by Gasteiger charge is -2.08. The van der Waals surface area contributed by atoms with E-state index >= 15 is 0 Å². The molecule has 0 aromatic carbocycles. The molecule has 2 aromatic heterocycles. The number of carbonyl (C=O) groups excluding carboxylic acids is 1. The van der Waals surface area contributed by atoms with Crippen LogP contribution in [0.25, 0.3) is 0 Å². The maximum atomic E-state index is 12.1. The molecule has 0 radical (unpaired) electrons. The Bertz CT molecular complexity index is 533. The molecule has 100 valence electrons. The second-order valence-electron chi connectivity index (χ2n) is 4.85. The fraction of sp³-hybridized carbons (Fsp3) is 0.400. The first kappa shape index (κ1) is 12.9. The summed E-state index contributed by atoms with van der Waals surface area (Å²) in [6, 6.07) is 6.26. The Hall–Kier alpha value is -1.13. The Kier molecular flexibility index (Phi) is 3.99. The molecule has 0 spiro atoms. The van der Waals surface area contributed by atoms with Gasteiger partial charge in [-0.25, -0.2) is 0 Å². The number of rotatable bonds is 4. The van der Waals surface area contributed by atoms with E-state index in [0.717, 1.165) is 30.7 Å². The van der Waals surface area contributed by atoms with E-state index in [9.17, 15) is 4.79 Å². The van der Waals surface area contributed by atoms with Crippen LogP contribution in [0.2, 0.25) is 0 Å². The molecule has 3 rings (SSSR count). The SMILES string of the molecule is O=C(NCCc1cccs1)c1cc2c(s1)CCCC2. The molecule has 2 aromatic rings. The number of fused-ring (bicyclic) bond motifs is 1. The molecule has 0 bridgehead atoms. The normalized spacial score (nSPS) is 14.1. The number of hydrogen-bond donors (Lipinski definition) is 1. The summed E-state index contributed by atoms with van der Waals surface area (Å²) < 4.78 is 0. The molecule has 0 fully saturated rings. The van der Waals surface area contributed by atoms with Gasteiger partial charge in [-0.15, -0.1) is 22.7 Å². The van der Waals surface area contributed by atoms with Crippen LogP contribution in [-0.4, -0.2) is 12.5 Å². The molecule has 4 heteroatoms. The highest BCUT2D eigenvalue weighted by Gasteiger charge is 2.16. The van der Waals surface area contributed by atoms with Gasteiger partial charge in [-0.05, 0) is 55.2 Å². The summed E-state index contributed by atoms with van der Waals surface area (Å²) >= 11 is 3.43. The first-order valence-electron chi connectivity index (χ1n) is 6.75. The Morgan fingerprint density at radius 3 is 3.00 bits per heavy atom. The largest absolute Gasteiger partial charge is 0.351 e. The number of amides is 1. The average Bonchev–Trinajstić information content (AvgIpc) is 3.07. The van der Waals surface area contributed by atoms with Crippen LogP contribution in [-0.2, 0) is 19.3 Å². The molecule has 0 saturated heterocycles. The van der Waals surface area contributed by atoms with E-state index in [2.05, 4.69) is 28.9 Å². The lowest BCUT2D eigenvalue weighted by Crippen LogP contribution is -2.24. The van der Waals surface area contributed by atoms with E-state index < -0.39 is 0 Å². The fourth-order valence-corrected chi connectivity index (χ4v) is 4.32. The molecule has 0 aliphatic heterocycles. The highest BCUT2D eigenvalue weighted by molar-refractivity contribution is 7.14. The zero-order chi connectivity index (χ0) is 13.1. The number of aryl methyl sites for hydroxylation is 2. The second-order valence-corrected chi connectivity index (χ2v) is 7.02. The van der Waals surface area contributed by atoms with Crippen molar-refractivity contribution >= 4 is 28.6 Å². The van der Waals surface area contributed by atoms with Crippen molar-refractivity contribution in [3.63, 3.8) is 0 Å². The Morgan fingerprint density at radius 1 is 1.32 bits per heavy atom. The smallest absolute Gasteiger partial charge is 0.261 e. The quantitative estimate of drug-likeness (QED) is 0.915. The molecule has 0 unspecified atom stereocenters. The van der Waals surface area contributed by atoms with Crippen molar-refractivity contribution in [2.75, 3.05) is 6.54 Å². The monoisotopic (exact) mass is 291 g/mol. The Morgan fingerprint density at radius 2 is 2.21 bits per heavy atom. The molecule has 0 saturated carbocycles. The van der Waals surface area contributed by atoms with Crippen molar-refractivity contribution in [3.05, 3.63) is 43.8 Å². The minimum Gasteiger partial charge on any atom is -0.351 e. The third-order valence-corrected chi connectivity index (χ3v) is 5.63. The average molecular weight is 291 g/mol. The summed E-state index contributed by atoms with van der Waals surface area (Å²) in [5.41, 5.74) is 1.40. The topological polar surface area (TPSA) is 29.1 Å². The number of nitrogens with one attached hydrogen (secondary N) is 1. The third-order valence-electron chi connectivity index (χ3n) is 3.46. The maximum absolute atomic E-state index is 12.1. The minimum atomic E-state index is 0.0935. The summed E-state index contributed by atoms with van der Waals surface area (Å²) in [5, 5.41) is 5.10. The van der Waals surface area contributed by atoms with Gasteiger partial charge >= 0.3 is 0 Å². The van der Waals surface area contributed by atoms with Gasteiger partial charge in [0.15, 0.2) is 0 Å². The van der Waals surface area contributed by atoms with Gasteiger partial charge in [0.25, 0.3) is 5.91 Å². The maximum Gasteiger partial charge on any atom is 0.261 e. The molecule has 19 heavy (non-hydrogen) atoms. The highest BCUT2D eigenvalue weighted by Crippen LogP contribution is 2.29. The summed E-state index contributed by atoms with van der Waals surface area (Å²) in [7, 11) is 0. The number of carbonyl (C=O) groups is 1. The predicted octanol–water partition coefficient (Wildman–Crippen LogP) is 3.66. The molecule has 0 atom stereocenters. The third kappa shape index (κ3) is 3.07. The Balaban J connectivity index is 1.56. The summed E-state index contributed by atoms with van der Waals surface area (Å²) in [4.78, 5) is 15.7. The zero-order valence-electron chi connectivity index (χ0n) is 10.8. The van der Waals surface area contributed by atoms with Gasteiger partial charge in [-0.2, -0.15) is 0 Å². The molecule has 2 heterocycles. The van der Waals surface area contributed by atoms with Gasteiger partial charge in [0.2, 0.25) is 0 Å². The summed E-state index contributed by atoms with van der Waals surface area (Å²) in [6.45, 7) is 0.724. The van der Waals surface area contributed by atoms with Crippen LogP contribution in [0.4, 0.5) is 0 Å². The van der Waals surface area contributed by atoms with Crippen molar-refractivity contribution in [2.45, 2.75) is 32.1 Å². The summed E-state index contributed by atoms with van der Waals surface area (Å²) in [6.07, 6.45) is 5.77. The van der Waals surface area contributed by atoms with Crippen molar-refractivity contribution in [3.8, 4) is 0 Å². The highest BCUT2D eigenvalue weighted by atomic mass is 32.1. The van der Waals surface area contributed by atoms with E-state index in [4.69, 9.17) is 0 Å². The van der Waals surface area contributed by atoms with Crippen LogP contribution in [0, 0.1) is 0 Å². The lowest BCUT2D eigenvalue weighted by molar-refractivity contribution is 0.0958. The van der Waals surface area contributed by atoms with Crippen molar-refractivity contribution in [1.29, 1.82) is 0 Å². The molecule has 1 aliphatic carbocycles. The van der Waals surface area contributed by atoms with Gasteiger partial charge in [0.1, 0.15) is 0 Å². The van der Waals surface area contributed by atoms with Crippen LogP contribution in [0.15, 0.2) is 23.6 Å². The van der Waals surface area contributed by atoms with Crippen molar-refractivity contribution in [2.24, 2.45) is 0 Å². The fourth-order valence-electron chi connectivity index (χ4n) is 2.44. The van der Waals surface area contributed by atoms with E-state index in [1.807, 2.05) is 0 Å². The predicted molar refractivity (Wildman–Crippen MR) is 81.3 cm³/mol. The summed E-state index contributed by atoms with van der Waals surface area (Å²) in [5.74, 6) is 0.0935. The second kappa shape index (κ2) is 5.88. The van der Waals surface area contributed by atoms with Gasteiger partial charge in [-0.3, -0.25) is 4.79 Å². The van der Waals surface area contributed by atoms with Crippen molar-refractivity contribution < 1.29 is 4.79 Å². The molecule has 1 amide bonds. The van der Waals surface area contributed by atoms with Gasteiger partial charge in [0.05, 0.1) is 4.88 Å². The number of hydrogen-bond acceptors (Lipinski definition) is 3.